The number of ether oxygens (including phenoxy) is 3. The lowest BCUT2D eigenvalue weighted by Crippen LogP contribution is -2.21. The smallest absolute Gasteiger partial charge is 0.257 e. The zero-order valence-corrected chi connectivity index (χ0v) is 21.4. The summed E-state index contributed by atoms with van der Waals surface area (Å²) < 4.78 is 30.0. The quantitative estimate of drug-likeness (QED) is 0.261. The maximum atomic E-state index is 13.3. The number of aryl methyl sites for hydroxylation is 1. The molecule has 0 aliphatic rings. The number of ketones is 1. The molecule has 39 heavy (non-hydrogen) atoms. The Morgan fingerprint density at radius 3 is 2.41 bits per heavy atom. The van der Waals surface area contributed by atoms with Crippen LogP contribution in [-0.2, 0) is 6.42 Å². The van der Waals surface area contributed by atoms with Crippen LogP contribution in [0.3, 0.4) is 0 Å². The van der Waals surface area contributed by atoms with E-state index in [0.717, 1.165) is 0 Å². The van der Waals surface area contributed by atoms with E-state index in [1.165, 1.54) is 44.7 Å². The average molecular weight is 526 g/mol. The maximum Gasteiger partial charge on any atom is 0.257 e. The lowest BCUT2D eigenvalue weighted by molar-refractivity contribution is 0.0991. The third-order valence-corrected chi connectivity index (χ3v) is 6.25. The molecule has 0 aliphatic heterocycles. The van der Waals surface area contributed by atoms with E-state index in [1.54, 1.807) is 49.5 Å². The first kappa shape index (κ1) is 25.6. The number of Topliss-reactive ketones (excluding diaryl/α,β-unsaturated/α-hetero) is 1. The van der Waals surface area contributed by atoms with Gasteiger partial charge in [0.05, 0.1) is 25.3 Å². The predicted octanol–water partition coefficient (Wildman–Crippen LogP) is 5.67. The minimum Gasteiger partial charge on any atom is -0.491 e. The normalized spacial score (nSPS) is 10.9. The predicted molar refractivity (Wildman–Crippen MR) is 144 cm³/mol. The van der Waals surface area contributed by atoms with Gasteiger partial charge in [0.1, 0.15) is 17.1 Å². The molecule has 0 aliphatic carbocycles. The number of nitrogens with one attached hydrogen (secondary N) is 1. The molecule has 3 heterocycles. The zero-order chi connectivity index (χ0) is 27.5. The van der Waals surface area contributed by atoms with Crippen LogP contribution in [0.15, 0.2) is 77.9 Å². The summed E-state index contributed by atoms with van der Waals surface area (Å²) >= 11 is 0. The van der Waals surface area contributed by atoms with Crippen molar-refractivity contribution < 1.29 is 23.4 Å². The lowest BCUT2D eigenvalue weighted by Gasteiger charge is -2.12. The maximum absolute atomic E-state index is 13.3. The topological polar surface area (TPSA) is 103 Å². The Morgan fingerprint density at radius 1 is 0.974 bits per heavy atom. The monoisotopic (exact) mass is 525 g/mol. The molecule has 5 aromatic rings. The Kier molecular flexibility index (Phi) is 7.05. The molecule has 0 unspecified atom stereocenters. The average Bonchev–Trinajstić information content (AvgIpc) is 2.94. The van der Waals surface area contributed by atoms with Gasteiger partial charge in [-0.05, 0) is 42.3 Å². The number of nitrogens with zero attached hydrogens (tertiary/aromatic N) is 2. The molecule has 9 heteroatoms. The minimum atomic E-state index is -0.403. The summed E-state index contributed by atoms with van der Waals surface area (Å²) in [5, 5.41) is 0. The molecular weight excluding hydrogens is 501 g/mol. The van der Waals surface area contributed by atoms with Crippen LogP contribution >= 0.6 is 0 Å². The summed E-state index contributed by atoms with van der Waals surface area (Å²) in [6.07, 6.45) is 3.17. The van der Waals surface area contributed by atoms with Crippen LogP contribution in [0.1, 0.15) is 21.6 Å². The van der Waals surface area contributed by atoms with Crippen LogP contribution in [0.2, 0.25) is 0 Å². The zero-order valence-electron chi connectivity index (χ0n) is 21.4. The Bertz CT molecular complexity index is 1730. The Morgan fingerprint density at radius 2 is 1.72 bits per heavy atom. The Labute approximate surface area is 223 Å². The molecule has 0 saturated heterocycles. The van der Waals surface area contributed by atoms with E-state index in [1.807, 2.05) is 0 Å². The number of methoxy groups -OCH3 is 2. The third-order valence-electron chi connectivity index (χ3n) is 6.25. The number of hydrogen-bond acceptors (Lipinski definition) is 7. The fraction of sp³-hybridized carbons (Fsp3) is 0.133. The second-order valence-electron chi connectivity index (χ2n) is 8.76. The molecular formula is C30H24FN3O5. The SMILES string of the molecule is COc1cc2nccc(Oc3ccc(CC(=O)c4c(C)[nH]cc(-c5ccc(F)cc5)c4=O)cc3)c2nc1OC. The molecule has 0 atom stereocenters. The number of halogens is 1. The third kappa shape index (κ3) is 5.19. The molecule has 0 bridgehead atoms. The van der Waals surface area contributed by atoms with E-state index < -0.39 is 11.2 Å². The van der Waals surface area contributed by atoms with Gasteiger partial charge in [0.25, 0.3) is 5.88 Å². The van der Waals surface area contributed by atoms with Crippen LogP contribution in [0.5, 0.6) is 23.1 Å². The molecule has 0 amide bonds. The molecule has 2 aromatic carbocycles. The number of carbonyl (C=O) groups excluding carboxylic acids is 1. The highest BCUT2D eigenvalue weighted by Crippen LogP contribution is 2.34. The molecule has 0 radical (unpaired) electrons. The van der Waals surface area contributed by atoms with E-state index in [9.17, 15) is 14.0 Å². The molecule has 3 aromatic heterocycles. The van der Waals surface area contributed by atoms with E-state index in [2.05, 4.69) is 15.0 Å². The lowest BCUT2D eigenvalue weighted by atomic mass is 9.97. The number of rotatable bonds is 8. The van der Waals surface area contributed by atoms with E-state index in [4.69, 9.17) is 14.2 Å². The molecule has 0 fully saturated rings. The van der Waals surface area contributed by atoms with Crippen molar-refractivity contribution in [3.63, 3.8) is 0 Å². The van der Waals surface area contributed by atoms with Gasteiger partial charge in [0.15, 0.2) is 22.7 Å². The molecule has 0 saturated carbocycles. The van der Waals surface area contributed by atoms with Crippen LogP contribution in [0.4, 0.5) is 4.39 Å². The van der Waals surface area contributed by atoms with Crippen molar-refractivity contribution in [2.24, 2.45) is 0 Å². The number of carbonyl (C=O) groups is 1. The summed E-state index contributed by atoms with van der Waals surface area (Å²) in [7, 11) is 3.03. The van der Waals surface area contributed by atoms with Gasteiger partial charge in [0.2, 0.25) is 0 Å². The van der Waals surface area contributed by atoms with E-state index in [0.29, 0.717) is 56.5 Å². The van der Waals surface area contributed by atoms with Gasteiger partial charge in [0, 0.05) is 42.2 Å². The fourth-order valence-electron chi connectivity index (χ4n) is 4.27. The number of H-pyrrole nitrogens is 1. The number of hydrogen-bond donors (Lipinski definition) is 1. The number of aromatic amines is 1. The van der Waals surface area contributed by atoms with Crippen molar-refractivity contribution >= 4 is 16.8 Å². The van der Waals surface area contributed by atoms with Crippen LogP contribution in [-0.4, -0.2) is 35.0 Å². The van der Waals surface area contributed by atoms with Crippen molar-refractivity contribution in [1.82, 2.24) is 15.0 Å². The largest absolute Gasteiger partial charge is 0.491 e. The number of pyridine rings is 3. The van der Waals surface area contributed by atoms with E-state index in [-0.39, 0.29) is 17.8 Å². The van der Waals surface area contributed by atoms with Gasteiger partial charge in [-0.25, -0.2) is 9.37 Å². The molecule has 1 N–H and O–H groups in total. The highest BCUT2D eigenvalue weighted by Gasteiger charge is 2.18. The summed E-state index contributed by atoms with van der Waals surface area (Å²) in [5.41, 5.74) is 2.79. The van der Waals surface area contributed by atoms with Gasteiger partial charge in [-0.3, -0.25) is 14.6 Å². The Balaban J connectivity index is 1.37. The summed E-state index contributed by atoms with van der Waals surface area (Å²) in [4.78, 5) is 38.1. The van der Waals surface area contributed by atoms with Gasteiger partial charge < -0.3 is 19.2 Å². The van der Waals surface area contributed by atoms with Gasteiger partial charge in [-0.2, -0.15) is 0 Å². The highest BCUT2D eigenvalue weighted by atomic mass is 19.1. The van der Waals surface area contributed by atoms with Crippen LogP contribution < -0.4 is 19.6 Å². The summed E-state index contributed by atoms with van der Waals surface area (Å²) in [6.45, 7) is 1.68. The second kappa shape index (κ2) is 10.7. The first-order valence-electron chi connectivity index (χ1n) is 12.0. The number of fused-ring (bicyclic) bond motifs is 1. The molecule has 8 nitrogen and oxygen atoms in total. The van der Waals surface area contributed by atoms with Crippen molar-refractivity contribution in [1.29, 1.82) is 0 Å². The first-order chi connectivity index (χ1) is 18.9. The van der Waals surface area contributed by atoms with E-state index >= 15 is 0 Å². The summed E-state index contributed by atoms with van der Waals surface area (Å²) in [6, 6.07) is 16.0. The van der Waals surface area contributed by atoms with Crippen LogP contribution in [0.25, 0.3) is 22.2 Å². The van der Waals surface area contributed by atoms with Crippen molar-refractivity contribution in [3.8, 4) is 34.3 Å². The second-order valence-corrected chi connectivity index (χ2v) is 8.76. The van der Waals surface area contributed by atoms with Crippen molar-refractivity contribution in [3.05, 3.63) is 106 Å². The standard InChI is InChI=1S/C30H24FN3O5/c1-17-27(29(36)22(16-33-17)19-6-8-20(31)9-7-19)24(35)14-18-4-10-21(11-5-18)39-25-12-13-32-23-15-26(37-2)30(38-3)34-28(23)25/h4-13,15-16H,14H2,1-3H3,(H,33,36). The van der Waals surface area contributed by atoms with Crippen molar-refractivity contribution in [2.75, 3.05) is 14.2 Å². The van der Waals surface area contributed by atoms with Crippen LogP contribution in [0, 0.1) is 12.7 Å². The van der Waals surface area contributed by atoms with Gasteiger partial charge in [-0.15, -0.1) is 0 Å². The Hall–Kier alpha value is -5.05. The number of benzene rings is 2. The molecule has 5 rings (SSSR count). The molecule has 196 valence electrons. The summed E-state index contributed by atoms with van der Waals surface area (Å²) in [5.74, 6) is 1.05. The van der Waals surface area contributed by atoms with Gasteiger partial charge in [-0.1, -0.05) is 24.3 Å². The van der Waals surface area contributed by atoms with Gasteiger partial charge >= 0.3 is 0 Å². The number of aromatic nitrogens is 3. The molecule has 0 spiro atoms. The fourth-order valence-corrected chi connectivity index (χ4v) is 4.27. The van der Waals surface area contributed by atoms with Crippen molar-refractivity contribution in [2.45, 2.75) is 13.3 Å². The highest BCUT2D eigenvalue weighted by molar-refractivity contribution is 5.99. The minimum absolute atomic E-state index is 0.0216. The first-order valence-corrected chi connectivity index (χ1v) is 12.0.